The first-order chi connectivity index (χ1) is 21.5. The fourth-order valence-corrected chi connectivity index (χ4v) is 5.07. The number of benzene rings is 3. The first-order valence-corrected chi connectivity index (χ1v) is 14.1. The lowest BCUT2D eigenvalue weighted by molar-refractivity contribution is -0.0829. The van der Waals surface area contributed by atoms with E-state index in [1.165, 1.54) is 5.06 Å². The first kappa shape index (κ1) is 28.5. The van der Waals surface area contributed by atoms with Gasteiger partial charge in [-0.2, -0.15) is 5.06 Å². The fraction of sp³-hybridized carbons (Fsp3) is 0.176. The van der Waals surface area contributed by atoms with Crippen LogP contribution in [0.15, 0.2) is 89.7 Å². The number of anilines is 3. The van der Waals surface area contributed by atoms with Crippen molar-refractivity contribution in [3.05, 3.63) is 113 Å². The van der Waals surface area contributed by atoms with Gasteiger partial charge in [0.2, 0.25) is 5.95 Å². The van der Waals surface area contributed by atoms with Crippen molar-refractivity contribution < 1.29 is 18.9 Å². The Morgan fingerprint density at radius 1 is 0.955 bits per heavy atom. The van der Waals surface area contributed by atoms with E-state index < -0.39 is 0 Å². The van der Waals surface area contributed by atoms with E-state index >= 15 is 0 Å². The van der Waals surface area contributed by atoms with Gasteiger partial charge in [0.25, 0.3) is 0 Å². The van der Waals surface area contributed by atoms with Crippen molar-refractivity contribution in [3.8, 4) is 28.7 Å². The Labute approximate surface area is 255 Å². The molecule has 0 saturated carbocycles. The number of amides is 2. The normalized spacial score (nSPS) is 14.1. The van der Waals surface area contributed by atoms with Crippen molar-refractivity contribution in [1.82, 2.24) is 20.2 Å². The maximum atomic E-state index is 13.0. The van der Waals surface area contributed by atoms with Crippen molar-refractivity contribution in [3.63, 3.8) is 0 Å². The summed E-state index contributed by atoms with van der Waals surface area (Å²) in [6.07, 6.45) is 4.04. The summed E-state index contributed by atoms with van der Waals surface area (Å²) in [6.45, 7) is 4.26. The molecule has 5 aromatic rings. The van der Waals surface area contributed by atoms with Crippen LogP contribution in [0.25, 0.3) is 11.1 Å². The molecular weight excluding hydrogens is 556 g/mol. The Balaban J connectivity index is 1.10. The number of methoxy groups -OCH3 is 1. The summed E-state index contributed by atoms with van der Waals surface area (Å²) in [5, 5.41) is 11.6. The summed E-state index contributed by atoms with van der Waals surface area (Å²) >= 11 is 0. The lowest BCUT2D eigenvalue weighted by atomic mass is 10.0. The van der Waals surface area contributed by atoms with Gasteiger partial charge in [0, 0.05) is 47.4 Å². The number of carbonyl (C=O) groups excluding carboxylic acids is 1. The van der Waals surface area contributed by atoms with Crippen LogP contribution in [-0.2, 0) is 4.84 Å². The minimum Gasteiger partial charge on any atom is -0.496 e. The van der Waals surface area contributed by atoms with Crippen molar-refractivity contribution in [1.29, 1.82) is 0 Å². The molecule has 1 saturated heterocycles. The fourth-order valence-electron chi connectivity index (χ4n) is 5.07. The number of hydrogen-bond donors (Lipinski definition) is 2. The van der Waals surface area contributed by atoms with E-state index in [2.05, 4.69) is 37.6 Å². The third kappa shape index (κ3) is 6.23. The van der Waals surface area contributed by atoms with Crippen LogP contribution in [-0.4, -0.2) is 39.9 Å². The van der Waals surface area contributed by atoms with E-state index in [1.807, 2.05) is 86.6 Å². The lowest BCUT2D eigenvalue weighted by Crippen LogP contribution is -2.33. The Bertz CT molecular complexity index is 1820. The van der Waals surface area contributed by atoms with Crippen LogP contribution in [0.1, 0.15) is 40.6 Å². The Morgan fingerprint density at radius 3 is 2.50 bits per heavy atom. The average molecular weight is 587 g/mol. The topological polar surface area (TPSA) is 115 Å². The van der Waals surface area contributed by atoms with Crippen LogP contribution in [0.5, 0.6) is 5.75 Å². The van der Waals surface area contributed by atoms with Gasteiger partial charge >= 0.3 is 6.03 Å². The number of aromatic nitrogens is 3. The number of urea groups is 1. The molecule has 0 spiro atoms. The summed E-state index contributed by atoms with van der Waals surface area (Å²) in [4.78, 5) is 27.5. The van der Waals surface area contributed by atoms with Gasteiger partial charge in [-0.1, -0.05) is 53.4 Å². The number of aryl methyl sites for hydroxylation is 2. The maximum absolute atomic E-state index is 13.0. The molecule has 6 rings (SSSR count). The number of hydrogen-bond acceptors (Lipinski definition) is 8. The van der Waals surface area contributed by atoms with E-state index in [0.29, 0.717) is 29.6 Å². The predicted molar refractivity (Wildman–Crippen MR) is 166 cm³/mol. The third-order valence-corrected chi connectivity index (χ3v) is 7.17. The van der Waals surface area contributed by atoms with Crippen LogP contribution in [0.2, 0.25) is 0 Å². The van der Waals surface area contributed by atoms with Crippen molar-refractivity contribution in [2.75, 3.05) is 24.4 Å². The van der Waals surface area contributed by atoms with E-state index in [4.69, 9.17) is 14.1 Å². The SMILES string of the molecule is COc1cc(Nc2ncc(C#Cc3cccc(NC(=O)N4OCC[C@H]4c4ccccc4)c3)cn2)ccc1-c1c(C)noc1C. The number of hydroxylamine groups is 2. The highest BCUT2D eigenvalue weighted by molar-refractivity contribution is 5.89. The van der Waals surface area contributed by atoms with Gasteiger partial charge in [-0.15, -0.1) is 0 Å². The Hall–Kier alpha value is -5.66. The van der Waals surface area contributed by atoms with Crippen LogP contribution in [0.3, 0.4) is 0 Å². The van der Waals surface area contributed by atoms with E-state index in [9.17, 15) is 4.79 Å². The summed E-state index contributed by atoms with van der Waals surface area (Å²) in [5.74, 6) is 8.02. The van der Waals surface area contributed by atoms with Gasteiger partial charge in [0.1, 0.15) is 11.5 Å². The van der Waals surface area contributed by atoms with E-state index in [-0.39, 0.29) is 12.1 Å². The zero-order valence-corrected chi connectivity index (χ0v) is 24.5. The monoisotopic (exact) mass is 586 g/mol. The minimum atomic E-state index is -0.325. The van der Waals surface area contributed by atoms with Gasteiger partial charge < -0.3 is 19.9 Å². The molecule has 3 aromatic carbocycles. The number of rotatable bonds is 6. The van der Waals surface area contributed by atoms with Gasteiger partial charge in [-0.05, 0) is 49.7 Å². The lowest BCUT2D eigenvalue weighted by Gasteiger charge is -2.23. The van der Waals surface area contributed by atoms with Crippen LogP contribution in [0, 0.1) is 25.7 Å². The molecule has 0 unspecified atom stereocenters. The molecule has 1 atom stereocenters. The van der Waals surface area contributed by atoms with Crippen molar-refractivity contribution in [2.24, 2.45) is 0 Å². The smallest absolute Gasteiger partial charge is 0.346 e. The van der Waals surface area contributed by atoms with Crippen LogP contribution < -0.4 is 15.4 Å². The highest BCUT2D eigenvalue weighted by Crippen LogP contribution is 2.36. The molecule has 1 aliphatic rings. The van der Waals surface area contributed by atoms with E-state index in [0.717, 1.165) is 45.8 Å². The highest BCUT2D eigenvalue weighted by Gasteiger charge is 2.31. The molecule has 2 N–H and O–H groups in total. The van der Waals surface area contributed by atoms with E-state index in [1.54, 1.807) is 19.5 Å². The molecule has 1 fully saturated rings. The first-order valence-electron chi connectivity index (χ1n) is 14.1. The molecule has 0 radical (unpaired) electrons. The highest BCUT2D eigenvalue weighted by atomic mass is 16.7. The molecule has 0 bridgehead atoms. The Kier molecular flexibility index (Phi) is 8.21. The number of carbonyl (C=O) groups is 1. The molecule has 1 aliphatic heterocycles. The predicted octanol–water partition coefficient (Wildman–Crippen LogP) is 6.81. The Morgan fingerprint density at radius 2 is 1.75 bits per heavy atom. The number of ether oxygens (including phenoxy) is 1. The molecule has 0 aliphatic carbocycles. The number of nitrogens with one attached hydrogen (secondary N) is 2. The standard InChI is InChI=1S/C34H30N6O4/c1-22-32(23(2)44-39-22)29-15-14-28(19-31(29)42-3)37-33-35-20-25(21-36-33)13-12-24-8-7-11-27(18-24)38-34(41)40-30(16-17-43-40)26-9-5-4-6-10-26/h4-11,14-15,18-21,30H,16-17H2,1-3H3,(H,38,41)(H,35,36,37)/t30-/m0/s1. The van der Waals surface area contributed by atoms with Gasteiger partial charge in [0.15, 0.2) is 0 Å². The second kappa shape index (κ2) is 12.7. The molecule has 44 heavy (non-hydrogen) atoms. The average Bonchev–Trinajstić information content (AvgIpc) is 3.68. The number of nitrogens with zero attached hydrogens (tertiary/aromatic N) is 4. The molecular formula is C34H30N6O4. The second-order valence-electron chi connectivity index (χ2n) is 10.2. The molecule has 10 nitrogen and oxygen atoms in total. The molecule has 10 heteroatoms. The molecule has 220 valence electrons. The molecule has 2 amide bonds. The summed E-state index contributed by atoms with van der Waals surface area (Å²) in [5.41, 5.74) is 6.41. The zero-order chi connectivity index (χ0) is 30.5. The summed E-state index contributed by atoms with van der Waals surface area (Å²) in [6, 6.07) is 22.5. The minimum absolute atomic E-state index is 0.133. The second-order valence-corrected chi connectivity index (χ2v) is 10.2. The quantitative estimate of drug-likeness (QED) is 0.209. The summed E-state index contributed by atoms with van der Waals surface area (Å²) in [7, 11) is 1.62. The summed E-state index contributed by atoms with van der Waals surface area (Å²) < 4.78 is 10.9. The van der Waals surface area contributed by atoms with Crippen molar-refractivity contribution >= 4 is 23.4 Å². The zero-order valence-electron chi connectivity index (χ0n) is 24.5. The van der Waals surface area contributed by atoms with Gasteiger partial charge in [0.05, 0.1) is 36.6 Å². The third-order valence-electron chi connectivity index (χ3n) is 7.17. The van der Waals surface area contributed by atoms with Crippen LogP contribution >= 0.6 is 0 Å². The van der Waals surface area contributed by atoms with Gasteiger partial charge in [-0.3, -0.25) is 4.84 Å². The molecule has 3 heterocycles. The molecule has 2 aromatic heterocycles. The van der Waals surface area contributed by atoms with Gasteiger partial charge in [-0.25, -0.2) is 14.8 Å². The largest absolute Gasteiger partial charge is 0.496 e. The van der Waals surface area contributed by atoms with Crippen LogP contribution in [0.4, 0.5) is 22.1 Å². The van der Waals surface area contributed by atoms with Crippen molar-refractivity contribution in [2.45, 2.75) is 26.3 Å². The maximum Gasteiger partial charge on any atom is 0.346 e.